The van der Waals surface area contributed by atoms with Crippen LogP contribution in [0.15, 0.2) is 66.9 Å². The molecule has 4 rings (SSSR count). The lowest BCUT2D eigenvalue weighted by Gasteiger charge is -2.23. The summed E-state index contributed by atoms with van der Waals surface area (Å²) in [6, 6.07) is 18.2. The lowest BCUT2D eigenvalue weighted by molar-refractivity contribution is -0.129. The highest BCUT2D eigenvalue weighted by atomic mass is 16.2. The number of likely N-dealkylation sites (N-methyl/N-ethyl adjacent to an activating group) is 1. The van der Waals surface area contributed by atoms with Crippen molar-refractivity contribution in [3.8, 4) is 0 Å². The minimum Gasteiger partial charge on any atom is -0.352 e. The van der Waals surface area contributed by atoms with Crippen LogP contribution in [-0.2, 0) is 20.8 Å². The zero-order chi connectivity index (χ0) is 25.5. The second-order valence-corrected chi connectivity index (χ2v) is 9.30. The number of likely N-dealkylation sites (tertiary alicyclic amines) is 1. The van der Waals surface area contributed by atoms with Crippen molar-refractivity contribution in [1.29, 1.82) is 0 Å². The Morgan fingerprint density at radius 3 is 2.61 bits per heavy atom. The molecule has 0 saturated carbocycles. The molecule has 3 unspecified atom stereocenters. The molecule has 36 heavy (non-hydrogen) atoms. The van der Waals surface area contributed by atoms with Gasteiger partial charge in [0.15, 0.2) is 0 Å². The number of para-hydroxylation sites is 1. The van der Waals surface area contributed by atoms with Gasteiger partial charge in [0, 0.05) is 24.4 Å². The van der Waals surface area contributed by atoms with Crippen LogP contribution in [0.25, 0.3) is 10.9 Å². The molecule has 3 amide bonds. The second kappa shape index (κ2) is 11.8. The van der Waals surface area contributed by atoms with Crippen molar-refractivity contribution in [1.82, 2.24) is 20.5 Å². The van der Waals surface area contributed by atoms with Crippen LogP contribution in [0, 0.1) is 0 Å². The summed E-state index contributed by atoms with van der Waals surface area (Å²) in [5.41, 5.74) is 2.52. The number of nitrogens with one attached hydrogen (secondary N) is 3. The molecule has 0 aliphatic carbocycles. The molecule has 8 nitrogen and oxygen atoms in total. The third-order valence-electron chi connectivity index (χ3n) is 6.59. The topological polar surface area (TPSA) is 103 Å². The highest BCUT2D eigenvalue weighted by molar-refractivity contribution is 5.99. The van der Waals surface area contributed by atoms with Crippen molar-refractivity contribution in [3.05, 3.63) is 72.4 Å². The number of anilines is 1. The molecular formula is C28H33N5O3. The molecule has 3 aromatic rings. The fraction of sp³-hybridized carbons (Fsp3) is 0.357. The Balaban J connectivity index is 1.46. The number of aromatic nitrogens is 1. The van der Waals surface area contributed by atoms with E-state index >= 15 is 0 Å². The van der Waals surface area contributed by atoms with E-state index in [2.05, 4.69) is 20.9 Å². The highest BCUT2D eigenvalue weighted by Crippen LogP contribution is 2.19. The van der Waals surface area contributed by atoms with E-state index in [9.17, 15) is 14.4 Å². The maximum atomic E-state index is 13.3. The first kappa shape index (κ1) is 25.3. The van der Waals surface area contributed by atoms with Gasteiger partial charge in [0.1, 0.15) is 6.04 Å². The average molecular weight is 488 g/mol. The smallest absolute Gasteiger partial charge is 0.247 e. The van der Waals surface area contributed by atoms with Gasteiger partial charge in [0.2, 0.25) is 17.7 Å². The van der Waals surface area contributed by atoms with Crippen molar-refractivity contribution in [2.45, 2.75) is 50.7 Å². The van der Waals surface area contributed by atoms with E-state index in [0.717, 1.165) is 16.5 Å². The Bertz CT molecular complexity index is 1220. The van der Waals surface area contributed by atoms with E-state index in [1.807, 2.05) is 72.6 Å². The molecule has 3 atom stereocenters. The van der Waals surface area contributed by atoms with Crippen molar-refractivity contribution in [2.24, 2.45) is 0 Å². The number of nitrogens with zero attached hydrogens (tertiary/aromatic N) is 2. The van der Waals surface area contributed by atoms with E-state index in [4.69, 9.17) is 0 Å². The first-order chi connectivity index (χ1) is 17.4. The molecule has 1 saturated heterocycles. The minimum atomic E-state index is -0.721. The monoisotopic (exact) mass is 487 g/mol. The predicted octanol–water partition coefficient (Wildman–Crippen LogP) is 2.89. The zero-order valence-electron chi connectivity index (χ0n) is 20.7. The van der Waals surface area contributed by atoms with E-state index < -0.39 is 12.1 Å². The maximum absolute atomic E-state index is 13.3. The van der Waals surface area contributed by atoms with Crippen LogP contribution in [0.2, 0.25) is 0 Å². The van der Waals surface area contributed by atoms with Gasteiger partial charge in [-0.1, -0.05) is 55.5 Å². The molecule has 1 aliphatic rings. The Morgan fingerprint density at radius 2 is 1.83 bits per heavy atom. The molecule has 1 aliphatic heterocycles. The fourth-order valence-electron chi connectivity index (χ4n) is 4.60. The largest absolute Gasteiger partial charge is 0.352 e. The van der Waals surface area contributed by atoms with Crippen LogP contribution in [-0.4, -0.2) is 59.3 Å². The molecule has 2 aromatic carbocycles. The van der Waals surface area contributed by atoms with Gasteiger partial charge in [0.25, 0.3) is 0 Å². The number of rotatable bonds is 9. The summed E-state index contributed by atoms with van der Waals surface area (Å²) in [5, 5.41) is 9.80. The number of carbonyl (C=O) groups excluding carboxylic acids is 3. The van der Waals surface area contributed by atoms with Crippen molar-refractivity contribution in [2.75, 3.05) is 18.9 Å². The van der Waals surface area contributed by atoms with Gasteiger partial charge in [-0.3, -0.25) is 24.3 Å². The summed E-state index contributed by atoms with van der Waals surface area (Å²) < 4.78 is 0. The van der Waals surface area contributed by atoms with Crippen LogP contribution in [0.4, 0.5) is 5.69 Å². The molecule has 188 valence electrons. The average Bonchev–Trinajstić information content (AvgIpc) is 3.26. The Kier molecular flexibility index (Phi) is 8.28. The van der Waals surface area contributed by atoms with Crippen LogP contribution in [0.5, 0.6) is 0 Å². The van der Waals surface area contributed by atoms with Crippen LogP contribution in [0.1, 0.15) is 31.7 Å². The number of amides is 3. The Hall–Kier alpha value is -3.78. The second-order valence-electron chi connectivity index (χ2n) is 9.30. The van der Waals surface area contributed by atoms with Gasteiger partial charge in [-0.15, -0.1) is 0 Å². The number of aryl methyl sites for hydroxylation is 1. The van der Waals surface area contributed by atoms with Gasteiger partial charge < -0.3 is 16.0 Å². The standard InChI is InChI=1S/C28H33N5O3/c1-3-26(34)30-22-16-25(33(2)18-22)28(36)32-24(14-13-19-9-5-4-6-10-19)27(35)31-21-15-20-11-7-8-12-23(20)29-17-21/h4-12,15,17,22,24-25H,3,13-14,16,18H2,1-2H3,(H,30,34)(H,31,35)(H,32,36). The predicted molar refractivity (Wildman–Crippen MR) is 140 cm³/mol. The number of pyridine rings is 1. The third kappa shape index (κ3) is 6.46. The van der Waals surface area contributed by atoms with E-state index in [0.29, 0.717) is 37.9 Å². The molecule has 0 spiro atoms. The van der Waals surface area contributed by atoms with Crippen molar-refractivity contribution in [3.63, 3.8) is 0 Å². The van der Waals surface area contributed by atoms with E-state index in [1.165, 1.54) is 0 Å². The lowest BCUT2D eigenvalue weighted by Crippen LogP contribution is -2.50. The Labute approximate surface area is 211 Å². The number of benzene rings is 2. The highest BCUT2D eigenvalue weighted by Gasteiger charge is 2.36. The van der Waals surface area contributed by atoms with Gasteiger partial charge in [-0.2, -0.15) is 0 Å². The van der Waals surface area contributed by atoms with Crippen LogP contribution >= 0.6 is 0 Å². The first-order valence-corrected chi connectivity index (χ1v) is 12.4. The zero-order valence-corrected chi connectivity index (χ0v) is 20.7. The molecule has 1 fully saturated rings. The molecule has 3 N–H and O–H groups in total. The Morgan fingerprint density at radius 1 is 1.08 bits per heavy atom. The molecular weight excluding hydrogens is 454 g/mol. The molecule has 2 heterocycles. The van der Waals surface area contributed by atoms with E-state index in [1.54, 1.807) is 13.1 Å². The molecule has 1 aromatic heterocycles. The summed E-state index contributed by atoms with van der Waals surface area (Å²) in [6.45, 7) is 2.40. The van der Waals surface area contributed by atoms with Gasteiger partial charge >= 0.3 is 0 Å². The molecule has 0 bridgehead atoms. The summed E-state index contributed by atoms with van der Waals surface area (Å²) in [4.78, 5) is 44.7. The van der Waals surface area contributed by atoms with Crippen molar-refractivity contribution < 1.29 is 14.4 Å². The van der Waals surface area contributed by atoms with Crippen LogP contribution in [0.3, 0.4) is 0 Å². The summed E-state index contributed by atoms with van der Waals surface area (Å²) in [6.07, 6.45) is 3.64. The number of fused-ring (bicyclic) bond motifs is 1. The van der Waals surface area contributed by atoms with Crippen LogP contribution < -0.4 is 16.0 Å². The fourth-order valence-corrected chi connectivity index (χ4v) is 4.60. The van der Waals surface area contributed by atoms with Gasteiger partial charge in [0.05, 0.1) is 23.4 Å². The third-order valence-corrected chi connectivity index (χ3v) is 6.59. The number of hydrogen-bond donors (Lipinski definition) is 3. The SMILES string of the molecule is CCC(=O)NC1CC(C(=O)NC(CCc2ccccc2)C(=O)Nc2cnc3ccccc3c2)N(C)C1. The number of carbonyl (C=O) groups is 3. The minimum absolute atomic E-state index is 0.0291. The normalized spacial score (nSPS) is 18.5. The van der Waals surface area contributed by atoms with Gasteiger partial charge in [-0.25, -0.2) is 0 Å². The number of hydrogen-bond acceptors (Lipinski definition) is 5. The van der Waals surface area contributed by atoms with E-state index in [-0.39, 0.29) is 23.8 Å². The van der Waals surface area contributed by atoms with Crippen molar-refractivity contribution >= 4 is 34.3 Å². The summed E-state index contributed by atoms with van der Waals surface area (Å²) >= 11 is 0. The maximum Gasteiger partial charge on any atom is 0.247 e. The lowest BCUT2D eigenvalue weighted by atomic mass is 10.0. The molecule has 0 radical (unpaired) electrons. The molecule has 8 heteroatoms. The summed E-state index contributed by atoms with van der Waals surface area (Å²) in [5.74, 6) is -0.526. The van der Waals surface area contributed by atoms with Gasteiger partial charge in [-0.05, 0) is 44.0 Å². The quantitative estimate of drug-likeness (QED) is 0.431. The summed E-state index contributed by atoms with van der Waals surface area (Å²) in [7, 11) is 1.86. The first-order valence-electron chi connectivity index (χ1n) is 12.4.